The van der Waals surface area contributed by atoms with E-state index in [4.69, 9.17) is 11.6 Å². The lowest BCUT2D eigenvalue weighted by Crippen LogP contribution is -2.18. The molecule has 1 N–H and O–H groups in total. The number of aromatic nitrogens is 1. The van der Waals surface area contributed by atoms with Crippen molar-refractivity contribution in [2.75, 3.05) is 5.88 Å². The molecule has 0 aliphatic heterocycles. The van der Waals surface area contributed by atoms with Crippen LogP contribution in [0.25, 0.3) is 10.9 Å². The van der Waals surface area contributed by atoms with Gasteiger partial charge in [0.05, 0.1) is 11.4 Å². The van der Waals surface area contributed by atoms with E-state index in [0.717, 1.165) is 5.39 Å². The third-order valence-electron chi connectivity index (χ3n) is 2.18. The van der Waals surface area contributed by atoms with E-state index < -0.39 is 0 Å². The Labute approximate surface area is 90.7 Å². The number of ketones is 1. The molecule has 0 bridgehead atoms. The number of hydrogen-bond donors (Lipinski definition) is 1. The lowest BCUT2D eigenvalue weighted by Gasteiger charge is -2.00. The standard InChI is InChI=1S/C11H8ClNO2/c12-6-10(14)8-5-7-3-1-2-4-9(7)13-11(8)15/h1-5H,6H2,(H,13,15). The lowest BCUT2D eigenvalue weighted by atomic mass is 10.1. The molecule has 1 heterocycles. The Bertz CT molecular complexity index is 574. The van der Waals surface area contributed by atoms with Crippen molar-refractivity contribution in [1.29, 1.82) is 0 Å². The predicted octanol–water partition coefficient (Wildman–Crippen LogP) is 1.95. The van der Waals surface area contributed by atoms with Gasteiger partial charge in [-0.15, -0.1) is 11.6 Å². The van der Waals surface area contributed by atoms with Crippen LogP contribution in [0.15, 0.2) is 35.1 Å². The quantitative estimate of drug-likeness (QED) is 0.623. The summed E-state index contributed by atoms with van der Waals surface area (Å²) in [6.45, 7) is 0. The van der Waals surface area contributed by atoms with Gasteiger partial charge in [0.15, 0.2) is 5.78 Å². The van der Waals surface area contributed by atoms with Crippen LogP contribution in [0.2, 0.25) is 0 Å². The number of fused-ring (bicyclic) bond motifs is 1. The second-order valence-corrected chi connectivity index (χ2v) is 3.42. The van der Waals surface area contributed by atoms with Crippen molar-refractivity contribution in [2.45, 2.75) is 0 Å². The Kier molecular flexibility index (Phi) is 2.56. The molecule has 3 nitrogen and oxygen atoms in total. The number of rotatable bonds is 2. The van der Waals surface area contributed by atoms with E-state index in [0.29, 0.717) is 5.52 Å². The molecule has 0 radical (unpaired) electrons. The van der Waals surface area contributed by atoms with Gasteiger partial charge < -0.3 is 4.98 Å². The van der Waals surface area contributed by atoms with Crippen molar-refractivity contribution in [1.82, 2.24) is 4.98 Å². The number of halogens is 1. The summed E-state index contributed by atoms with van der Waals surface area (Å²) in [5.74, 6) is -0.537. The van der Waals surface area contributed by atoms with Gasteiger partial charge in [-0.1, -0.05) is 18.2 Å². The van der Waals surface area contributed by atoms with Gasteiger partial charge >= 0.3 is 0 Å². The third kappa shape index (κ3) is 1.78. The molecule has 0 unspecified atom stereocenters. The molecule has 0 saturated carbocycles. The molecule has 0 spiro atoms. The fraction of sp³-hybridized carbons (Fsp3) is 0.0909. The Morgan fingerprint density at radius 3 is 2.80 bits per heavy atom. The van der Waals surface area contributed by atoms with Gasteiger partial charge in [-0.3, -0.25) is 9.59 Å². The number of hydrogen-bond acceptors (Lipinski definition) is 2. The molecule has 0 aliphatic rings. The fourth-order valence-corrected chi connectivity index (χ4v) is 1.57. The number of alkyl halides is 1. The van der Waals surface area contributed by atoms with Gasteiger partial charge in [-0.05, 0) is 17.5 Å². The third-order valence-corrected chi connectivity index (χ3v) is 2.42. The molecule has 0 fully saturated rings. The first-order valence-electron chi connectivity index (χ1n) is 4.43. The molecule has 4 heteroatoms. The van der Waals surface area contributed by atoms with Crippen LogP contribution in [-0.2, 0) is 0 Å². The maximum absolute atomic E-state index is 11.5. The molecule has 1 aromatic heterocycles. The van der Waals surface area contributed by atoms with Crippen molar-refractivity contribution >= 4 is 28.3 Å². The average Bonchev–Trinajstić information content (AvgIpc) is 2.27. The molecule has 0 aliphatic carbocycles. The lowest BCUT2D eigenvalue weighted by molar-refractivity contribution is 0.102. The molecule has 0 amide bonds. The van der Waals surface area contributed by atoms with Gasteiger partial charge in [0, 0.05) is 5.52 Å². The van der Waals surface area contributed by atoms with Crippen molar-refractivity contribution < 1.29 is 4.79 Å². The minimum Gasteiger partial charge on any atom is -0.321 e. The van der Waals surface area contributed by atoms with Crippen molar-refractivity contribution in [3.63, 3.8) is 0 Å². The SMILES string of the molecule is O=C(CCl)c1cc2ccccc2[nH]c1=O. The highest BCUT2D eigenvalue weighted by Gasteiger charge is 2.09. The summed E-state index contributed by atoms with van der Waals surface area (Å²) < 4.78 is 0. The highest BCUT2D eigenvalue weighted by atomic mass is 35.5. The zero-order valence-electron chi connectivity index (χ0n) is 7.79. The minimum atomic E-state index is -0.389. The zero-order valence-corrected chi connectivity index (χ0v) is 8.54. The van der Waals surface area contributed by atoms with Crippen LogP contribution < -0.4 is 5.56 Å². The second-order valence-electron chi connectivity index (χ2n) is 3.16. The Morgan fingerprint density at radius 2 is 2.07 bits per heavy atom. The first-order chi connectivity index (χ1) is 7.22. The molecule has 2 rings (SSSR count). The van der Waals surface area contributed by atoms with Crippen LogP contribution in [-0.4, -0.2) is 16.6 Å². The number of carbonyl (C=O) groups is 1. The molecule has 0 saturated heterocycles. The van der Waals surface area contributed by atoms with Crippen molar-refractivity contribution in [3.05, 3.63) is 46.2 Å². The first-order valence-corrected chi connectivity index (χ1v) is 4.97. The predicted molar refractivity (Wildman–Crippen MR) is 59.6 cm³/mol. The number of aromatic amines is 1. The summed E-state index contributed by atoms with van der Waals surface area (Å²) in [6, 6.07) is 8.85. The van der Waals surface area contributed by atoms with E-state index in [2.05, 4.69) is 4.98 Å². The van der Waals surface area contributed by atoms with Gasteiger partial charge in [0.1, 0.15) is 0 Å². The first kappa shape index (κ1) is 9.93. The summed E-state index contributed by atoms with van der Waals surface area (Å²) >= 11 is 5.41. The van der Waals surface area contributed by atoms with Gasteiger partial charge in [0.2, 0.25) is 0 Å². The monoisotopic (exact) mass is 221 g/mol. The van der Waals surface area contributed by atoms with Crippen LogP contribution >= 0.6 is 11.6 Å². The summed E-state index contributed by atoms with van der Waals surface area (Å²) in [5, 5.41) is 0.825. The largest absolute Gasteiger partial charge is 0.321 e. The Balaban J connectivity index is 2.73. The number of nitrogens with one attached hydrogen (secondary N) is 1. The number of Topliss-reactive ketones (excluding diaryl/α,β-unsaturated/α-hetero) is 1. The highest BCUT2D eigenvalue weighted by molar-refractivity contribution is 6.30. The number of pyridine rings is 1. The van der Waals surface area contributed by atoms with Crippen molar-refractivity contribution in [2.24, 2.45) is 0 Å². The molecule has 1 aromatic carbocycles. The Morgan fingerprint density at radius 1 is 1.33 bits per heavy atom. The van der Waals surface area contributed by atoms with Crippen LogP contribution in [0.4, 0.5) is 0 Å². The summed E-state index contributed by atoms with van der Waals surface area (Å²) in [7, 11) is 0. The number of carbonyl (C=O) groups excluding carboxylic acids is 1. The molecular weight excluding hydrogens is 214 g/mol. The summed E-state index contributed by atoms with van der Waals surface area (Å²) in [5.41, 5.74) is 0.441. The van der Waals surface area contributed by atoms with Gasteiger partial charge in [-0.25, -0.2) is 0 Å². The van der Waals surface area contributed by atoms with Crippen LogP contribution in [0.3, 0.4) is 0 Å². The van der Waals surface area contributed by atoms with Gasteiger partial charge in [0.25, 0.3) is 5.56 Å². The second kappa shape index (κ2) is 3.87. The summed E-state index contributed by atoms with van der Waals surface area (Å²) in [4.78, 5) is 25.5. The number of para-hydroxylation sites is 1. The van der Waals surface area contributed by atoms with Crippen molar-refractivity contribution in [3.8, 4) is 0 Å². The van der Waals surface area contributed by atoms with E-state index in [1.807, 2.05) is 18.2 Å². The average molecular weight is 222 g/mol. The maximum Gasteiger partial charge on any atom is 0.259 e. The van der Waals surface area contributed by atoms with E-state index in [9.17, 15) is 9.59 Å². The molecular formula is C11H8ClNO2. The maximum atomic E-state index is 11.5. The van der Waals surface area contributed by atoms with Crippen LogP contribution in [0, 0.1) is 0 Å². The van der Waals surface area contributed by atoms with E-state index in [1.165, 1.54) is 0 Å². The van der Waals surface area contributed by atoms with Crippen LogP contribution in [0.5, 0.6) is 0 Å². The highest BCUT2D eigenvalue weighted by Crippen LogP contribution is 2.10. The minimum absolute atomic E-state index is 0.115. The molecule has 15 heavy (non-hydrogen) atoms. The molecule has 0 atom stereocenters. The molecule has 76 valence electrons. The van der Waals surface area contributed by atoms with Gasteiger partial charge in [-0.2, -0.15) is 0 Å². The zero-order chi connectivity index (χ0) is 10.8. The number of benzene rings is 1. The van der Waals surface area contributed by atoms with E-state index in [-0.39, 0.29) is 22.8 Å². The molecule has 2 aromatic rings. The van der Waals surface area contributed by atoms with Crippen LogP contribution in [0.1, 0.15) is 10.4 Å². The number of H-pyrrole nitrogens is 1. The summed E-state index contributed by atoms with van der Waals surface area (Å²) in [6.07, 6.45) is 0. The fourth-order valence-electron chi connectivity index (χ4n) is 1.43. The Hall–Kier alpha value is -1.61. The van der Waals surface area contributed by atoms with E-state index in [1.54, 1.807) is 12.1 Å². The topological polar surface area (TPSA) is 49.9 Å². The normalized spacial score (nSPS) is 10.5. The van der Waals surface area contributed by atoms with E-state index >= 15 is 0 Å². The smallest absolute Gasteiger partial charge is 0.259 e.